The lowest BCUT2D eigenvalue weighted by molar-refractivity contribution is -0.176. The van der Waals surface area contributed by atoms with Crippen LogP contribution in [0, 0.1) is 5.92 Å². The number of carboxylic acids is 1. The maximum Gasteiger partial charge on any atom is 0.308 e. The summed E-state index contributed by atoms with van der Waals surface area (Å²) in [5.41, 5.74) is 0.109. The number of aliphatic carboxylic acids is 1. The van der Waals surface area contributed by atoms with Crippen LogP contribution in [0.15, 0.2) is 30.3 Å². The Morgan fingerprint density at radius 3 is 2.64 bits per heavy atom. The fraction of sp³-hybridized carbons (Fsp3) is 0.579. The largest absolute Gasteiger partial charge is 0.481 e. The minimum atomic E-state index is -0.908. The molecule has 2 fully saturated rings. The molecule has 0 spiro atoms. The number of hydrogen-bond acceptors (Lipinski definition) is 4. The van der Waals surface area contributed by atoms with Gasteiger partial charge in [-0.1, -0.05) is 30.3 Å². The molecule has 2 saturated heterocycles. The molecule has 0 aromatic heterocycles. The molecule has 3 rings (SSSR count). The van der Waals surface area contributed by atoms with Crippen molar-refractivity contribution in [3.63, 3.8) is 0 Å². The van der Waals surface area contributed by atoms with E-state index >= 15 is 0 Å². The first-order valence-electron chi connectivity index (χ1n) is 8.88. The molecular formula is C19H25NO5. The van der Waals surface area contributed by atoms with Crippen LogP contribution in [0.4, 0.5) is 0 Å². The summed E-state index contributed by atoms with van der Waals surface area (Å²) in [4.78, 5) is 26.2. The van der Waals surface area contributed by atoms with Crippen molar-refractivity contribution >= 4 is 11.9 Å². The van der Waals surface area contributed by atoms with E-state index in [0.717, 1.165) is 5.56 Å². The fourth-order valence-corrected chi connectivity index (χ4v) is 3.57. The average molecular weight is 347 g/mol. The first-order valence-corrected chi connectivity index (χ1v) is 8.88. The fourth-order valence-electron chi connectivity index (χ4n) is 3.57. The lowest BCUT2D eigenvalue weighted by Gasteiger charge is -2.41. The molecule has 25 heavy (non-hydrogen) atoms. The van der Waals surface area contributed by atoms with Crippen LogP contribution in [0.1, 0.15) is 31.2 Å². The second-order valence-corrected chi connectivity index (χ2v) is 6.81. The van der Waals surface area contributed by atoms with Crippen LogP contribution < -0.4 is 0 Å². The van der Waals surface area contributed by atoms with Gasteiger partial charge < -0.3 is 19.5 Å². The Morgan fingerprint density at radius 1 is 1.24 bits per heavy atom. The minimum Gasteiger partial charge on any atom is -0.481 e. The van der Waals surface area contributed by atoms with Crippen LogP contribution in [-0.2, 0) is 25.7 Å². The molecule has 2 aliphatic heterocycles. The molecule has 6 nitrogen and oxygen atoms in total. The highest BCUT2D eigenvalue weighted by atomic mass is 16.5. The predicted molar refractivity (Wildman–Crippen MR) is 91.0 cm³/mol. The topological polar surface area (TPSA) is 76.1 Å². The first-order chi connectivity index (χ1) is 12.1. The monoisotopic (exact) mass is 347 g/mol. The van der Waals surface area contributed by atoms with Crippen LogP contribution in [0.5, 0.6) is 0 Å². The third kappa shape index (κ3) is 4.19. The normalized spacial score (nSPS) is 23.2. The first kappa shape index (κ1) is 17.9. The lowest BCUT2D eigenvalue weighted by atomic mass is 9.89. The summed E-state index contributed by atoms with van der Waals surface area (Å²) in [6, 6.07) is 9.77. The highest BCUT2D eigenvalue weighted by Crippen LogP contribution is 2.31. The number of carbonyl (C=O) groups is 2. The van der Waals surface area contributed by atoms with Crippen molar-refractivity contribution in [1.82, 2.24) is 4.90 Å². The van der Waals surface area contributed by atoms with Gasteiger partial charge in [0.15, 0.2) is 5.60 Å². The molecule has 0 radical (unpaired) electrons. The molecule has 6 heteroatoms. The summed E-state index contributed by atoms with van der Waals surface area (Å²) in [6.45, 7) is 2.20. The second kappa shape index (κ2) is 7.97. The Bertz CT molecular complexity index is 597. The summed E-state index contributed by atoms with van der Waals surface area (Å²) >= 11 is 0. The number of hydrogen-bond donors (Lipinski definition) is 1. The number of carboxylic acid groups (broad SMARTS) is 1. The summed E-state index contributed by atoms with van der Waals surface area (Å²) in [6.07, 6.45) is 2.36. The number of benzene rings is 1. The Hall–Kier alpha value is -1.92. The van der Waals surface area contributed by atoms with Gasteiger partial charge in [0.1, 0.15) is 0 Å². The molecule has 0 aliphatic carbocycles. The van der Waals surface area contributed by atoms with Crippen LogP contribution in [0.25, 0.3) is 0 Å². The van der Waals surface area contributed by atoms with Gasteiger partial charge in [0.25, 0.3) is 5.91 Å². The van der Waals surface area contributed by atoms with E-state index in [1.54, 1.807) is 4.90 Å². The Kier molecular flexibility index (Phi) is 5.71. The van der Waals surface area contributed by atoms with E-state index in [-0.39, 0.29) is 12.5 Å². The van der Waals surface area contributed by atoms with Gasteiger partial charge >= 0.3 is 5.97 Å². The highest BCUT2D eigenvalue weighted by molar-refractivity contribution is 5.86. The Labute approximate surface area is 147 Å². The van der Waals surface area contributed by atoms with Gasteiger partial charge in [-0.05, 0) is 18.4 Å². The third-order valence-corrected chi connectivity index (χ3v) is 5.11. The van der Waals surface area contributed by atoms with Crippen LogP contribution in [-0.4, -0.2) is 53.8 Å². The van der Waals surface area contributed by atoms with Crippen molar-refractivity contribution in [3.8, 4) is 0 Å². The number of piperidine rings is 1. The molecule has 1 atom stereocenters. The molecule has 1 aromatic rings. The zero-order valence-electron chi connectivity index (χ0n) is 14.4. The van der Waals surface area contributed by atoms with Gasteiger partial charge in [0, 0.05) is 39.1 Å². The van der Waals surface area contributed by atoms with Gasteiger partial charge in [-0.15, -0.1) is 0 Å². The quantitative estimate of drug-likeness (QED) is 0.882. The maximum atomic E-state index is 13.2. The van der Waals surface area contributed by atoms with Gasteiger partial charge in [-0.25, -0.2) is 0 Å². The van der Waals surface area contributed by atoms with E-state index < -0.39 is 17.5 Å². The highest BCUT2D eigenvalue weighted by Gasteiger charge is 2.45. The summed E-state index contributed by atoms with van der Waals surface area (Å²) in [5, 5.41) is 9.28. The second-order valence-electron chi connectivity index (χ2n) is 6.81. The van der Waals surface area contributed by atoms with Crippen molar-refractivity contribution < 1.29 is 24.2 Å². The number of rotatable bonds is 5. The average Bonchev–Trinajstić information content (AvgIpc) is 2.67. The van der Waals surface area contributed by atoms with E-state index in [9.17, 15) is 14.7 Å². The van der Waals surface area contributed by atoms with Crippen molar-refractivity contribution in [1.29, 1.82) is 0 Å². The Morgan fingerprint density at radius 2 is 1.96 bits per heavy atom. The molecule has 136 valence electrons. The SMILES string of the molecule is O=C(O)C1CCCN(C(=O)C2(OCc3ccccc3)CCOCC2)C1. The minimum absolute atomic E-state index is 0.0855. The van der Waals surface area contributed by atoms with E-state index in [4.69, 9.17) is 9.47 Å². The van der Waals surface area contributed by atoms with Crippen LogP contribution in [0.2, 0.25) is 0 Å². The van der Waals surface area contributed by atoms with E-state index in [2.05, 4.69) is 0 Å². The van der Waals surface area contributed by atoms with Crippen molar-refractivity contribution in [3.05, 3.63) is 35.9 Å². The molecular weight excluding hydrogens is 322 g/mol. The molecule has 2 heterocycles. The molecule has 0 saturated carbocycles. The predicted octanol–water partition coefficient (Wildman–Crippen LogP) is 2.08. The third-order valence-electron chi connectivity index (χ3n) is 5.11. The smallest absolute Gasteiger partial charge is 0.308 e. The van der Waals surface area contributed by atoms with Gasteiger partial charge in [-0.3, -0.25) is 9.59 Å². The molecule has 0 bridgehead atoms. The van der Waals surface area contributed by atoms with E-state index in [0.29, 0.717) is 52.0 Å². The van der Waals surface area contributed by atoms with Crippen LogP contribution in [0.3, 0.4) is 0 Å². The zero-order valence-corrected chi connectivity index (χ0v) is 14.4. The zero-order chi connectivity index (χ0) is 17.7. The summed E-state index contributed by atoms with van der Waals surface area (Å²) in [7, 11) is 0. The van der Waals surface area contributed by atoms with Crippen molar-refractivity contribution in [2.75, 3.05) is 26.3 Å². The van der Waals surface area contributed by atoms with Crippen molar-refractivity contribution in [2.45, 2.75) is 37.9 Å². The molecule has 1 N–H and O–H groups in total. The number of likely N-dealkylation sites (tertiary alicyclic amines) is 1. The number of carbonyl (C=O) groups excluding carboxylic acids is 1. The summed E-state index contributed by atoms with van der Waals surface area (Å²) in [5.74, 6) is -1.40. The van der Waals surface area contributed by atoms with Gasteiger partial charge in [0.2, 0.25) is 0 Å². The van der Waals surface area contributed by atoms with E-state index in [1.807, 2.05) is 30.3 Å². The lowest BCUT2D eigenvalue weighted by Crippen LogP contribution is -2.56. The standard InChI is InChI=1S/C19H25NO5/c21-17(22)16-7-4-10-20(13-16)18(23)19(8-11-24-12-9-19)25-14-15-5-2-1-3-6-15/h1-3,5-6,16H,4,7-14H2,(H,21,22). The Balaban J connectivity index is 1.72. The number of ether oxygens (including phenoxy) is 2. The van der Waals surface area contributed by atoms with Gasteiger partial charge in [0.05, 0.1) is 12.5 Å². The number of nitrogens with zero attached hydrogens (tertiary/aromatic N) is 1. The summed E-state index contributed by atoms with van der Waals surface area (Å²) < 4.78 is 11.6. The van der Waals surface area contributed by atoms with Crippen LogP contribution >= 0.6 is 0 Å². The van der Waals surface area contributed by atoms with Crippen molar-refractivity contribution in [2.24, 2.45) is 5.92 Å². The molecule has 2 aliphatic rings. The molecule has 1 unspecified atom stereocenters. The maximum absolute atomic E-state index is 13.2. The van der Waals surface area contributed by atoms with Gasteiger partial charge in [-0.2, -0.15) is 0 Å². The van der Waals surface area contributed by atoms with E-state index in [1.165, 1.54) is 0 Å². The molecule has 1 amide bonds. The number of amides is 1. The molecule has 1 aromatic carbocycles.